The Balaban J connectivity index is 1.54. The molecule has 0 saturated heterocycles. The van der Waals surface area contributed by atoms with Gasteiger partial charge in [-0.25, -0.2) is 4.98 Å². The predicted octanol–water partition coefficient (Wildman–Crippen LogP) is 4.92. The highest BCUT2D eigenvalue weighted by Crippen LogP contribution is 2.36. The first-order valence-corrected chi connectivity index (χ1v) is 10.8. The first-order chi connectivity index (χ1) is 16.1. The van der Waals surface area contributed by atoms with E-state index in [9.17, 15) is 22.8 Å². The number of alkyl halides is 3. The molecule has 1 aromatic carbocycles. The number of nitrogens with one attached hydrogen (secondary N) is 1. The molecule has 0 spiro atoms. The van der Waals surface area contributed by atoms with Crippen LogP contribution in [0.4, 0.5) is 18.9 Å². The fourth-order valence-corrected chi connectivity index (χ4v) is 4.29. The minimum Gasteiger partial charge on any atom is -0.494 e. The number of carboxylic acid groups (broad SMARTS) is 1. The van der Waals surface area contributed by atoms with Gasteiger partial charge in [-0.05, 0) is 49.8 Å². The zero-order valence-corrected chi connectivity index (χ0v) is 18.3. The molecule has 34 heavy (non-hydrogen) atoms. The molecule has 2 N–H and O–H groups in total. The largest absolute Gasteiger partial charge is 0.494 e. The zero-order chi connectivity index (χ0) is 24.5. The predicted molar refractivity (Wildman–Crippen MR) is 117 cm³/mol. The van der Waals surface area contributed by atoms with E-state index in [0.717, 1.165) is 43.2 Å². The third-order valence-electron chi connectivity index (χ3n) is 6.02. The quantitative estimate of drug-likeness (QED) is 0.523. The van der Waals surface area contributed by atoms with Crippen LogP contribution >= 0.6 is 0 Å². The molecule has 0 aliphatic heterocycles. The van der Waals surface area contributed by atoms with Gasteiger partial charge < -0.3 is 15.2 Å². The van der Waals surface area contributed by atoms with Crippen molar-refractivity contribution in [2.24, 2.45) is 5.92 Å². The van der Waals surface area contributed by atoms with Crippen molar-refractivity contribution in [2.75, 3.05) is 12.4 Å². The fraction of sp³-hybridized carbons (Fsp3) is 0.391. The van der Waals surface area contributed by atoms with Crippen molar-refractivity contribution in [1.29, 1.82) is 0 Å². The van der Waals surface area contributed by atoms with Gasteiger partial charge in [0, 0.05) is 24.1 Å². The number of aromatic nitrogens is 3. The van der Waals surface area contributed by atoms with Crippen LogP contribution in [0.2, 0.25) is 0 Å². The number of hydrogen-bond donors (Lipinski definition) is 2. The van der Waals surface area contributed by atoms with Crippen LogP contribution < -0.4 is 10.1 Å². The number of carbonyl (C=O) groups is 2. The summed E-state index contributed by atoms with van der Waals surface area (Å²) < 4.78 is 46.0. The molecule has 8 nitrogen and oxygen atoms in total. The van der Waals surface area contributed by atoms with Crippen LogP contribution in [0.1, 0.15) is 54.3 Å². The van der Waals surface area contributed by atoms with Gasteiger partial charge in [0.15, 0.2) is 0 Å². The molecule has 0 atom stereocenters. The van der Waals surface area contributed by atoms with Gasteiger partial charge in [0.25, 0.3) is 5.91 Å². The summed E-state index contributed by atoms with van der Waals surface area (Å²) in [6.45, 7) is 0. The van der Waals surface area contributed by atoms with Crippen LogP contribution in [0.5, 0.6) is 5.75 Å². The second kappa shape index (κ2) is 9.32. The van der Waals surface area contributed by atoms with Crippen LogP contribution in [-0.4, -0.2) is 38.9 Å². The minimum absolute atomic E-state index is 0.135. The maximum absolute atomic E-state index is 12.9. The van der Waals surface area contributed by atoms with E-state index in [1.807, 2.05) is 10.9 Å². The van der Waals surface area contributed by atoms with Crippen LogP contribution in [0.15, 0.2) is 36.5 Å². The van der Waals surface area contributed by atoms with E-state index >= 15 is 0 Å². The van der Waals surface area contributed by atoms with Crippen molar-refractivity contribution in [3.05, 3.63) is 47.9 Å². The number of aliphatic carboxylic acids is 1. The summed E-state index contributed by atoms with van der Waals surface area (Å²) in [7, 11) is 1.42. The smallest absolute Gasteiger partial charge is 0.433 e. The summed E-state index contributed by atoms with van der Waals surface area (Å²) in [4.78, 5) is 27.0. The van der Waals surface area contributed by atoms with E-state index in [4.69, 9.17) is 9.84 Å². The number of ether oxygens (including phenoxy) is 1. The van der Waals surface area contributed by atoms with Gasteiger partial charge in [0.05, 0.1) is 24.4 Å². The number of carboxylic acids is 1. The summed E-state index contributed by atoms with van der Waals surface area (Å²) in [6, 6.07) is 6.56. The second-order valence-electron chi connectivity index (χ2n) is 8.35. The van der Waals surface area contributed by atoms with Gasteiger partial charge in [-0.2, -0.15) is 18.3 Å². The molecule has 2 aromatic heterocycles. The van der Waals surface area contributed by atoms with Crippen LogP contribution in [-0.2, 0) is 11.0 Å². The van der Waals surface area contributed by atoms with Crippen molar-refractivity contribution in [3.8, 4) is 5.75 Å². The van der Waals surface area contributed by atoms with Gasteiger partial charge >= 0.3 is 12.1 Å². The first-order valence-electron chi connectivity index (χ1n) is 10.8. The Morgan fingerprint density at radius 1 is 1.21 bits per heavy atom. The van der Waals surface area contributed by atoms with E-state index in [1.165, 1.54) is 13.2 Å². The average molecular weight is 476 g/mol. The minimum atomic E-state index is -4.66. The van der Waals surface area contributed by atoms with Crippen LogP contribution in [0.25, 0.3) is 10.9 Å². The van der Waals surface area contributed by atoms with Gasteiger partial charge in [-0.15, -0.1) is 0 Å². The SMILES string of the molecule is COc1cc2nn([C@H]3CC[C@H](CC(=O)O)CC3)cc2cc1NC(=O)c1cccc(C(F)(F)F)n1. The van der Waals surface area contributed by atoms with E-state index in [2.05, 4.69) is 15.4 Å². The van der Waals surface area contributed by atoms with Crippen molar-refractivity contribution >= 4 is 28.5 Å². The number of anilines is 1. The molecule has 3 aromatic rings. The molecule has 0 unspecified atom stereocenters. The standard InChI is InChI=1S/C23H23F3N4O4/c1-34-19-11-17-14(12-30(29-17)15-7-5-13(6-8-15)9-21(31)32)10-18(19)28-22(33)16-3-2-4-20(27-16)23(24,25)26/h2-4,10-13,15H,5-9H2,1H3,(H,28,33)(H,31,32)/t13-,15-. The Bertz CT molecular complexity index is 1220. The highest BCUT2D eigenvalue weighted by Gasteiger charge is 2.33. The molecule has 1 saturated carbocycles. The summed E-state index contributed by atoms with van der Waals surface area (Å²) >= 11 is 0. The summed E-state index contributed by atoms with van der Waals surface area (Å²) in [5.74, 6) is -1.10. The maximum atomic E-state index is 12.9. The number of rotatable bonds is 6. The summed E-state index contributed by atoms with van der Waals surface area (Å²) in [5.41, 5.74) is -0.601. The number of halogens is 3. The van der Waals surface area contributed by atoms with Gasteiger partial charge in [0.1, 0.15) is 17.1 Å². The number of fused-ring (bicyclic) bond motifs is 1. The molecular formula is C23H23F3N4O4. The monoisotopic (exact) mass is 476 g/mol. The molecule has 2 heterocycles. The number of pyridine rings is 1. The number of methoxy groups -OCH3 is 1. The molecule has 1 aliphatic carbocycles. The number of benzene rings is 1. The molecule has 180 valence electrons. The third-order valence-corrected chi connectivity index (χ3v) is 6.02. The Hall–Kier alpha value is -3.63. The fourth-order valence-electron chi connectivity index (χ4n) is 4.29. The van der Waals surface area contributed by atoms with Crippen molar-refractivity contribution in [3.63, 3.8) is 0 Å². The highest BCUT2D eigenvalue weighted by atomic mass is 19.4. The van der Waals surface area contributed by atoms with Gasteiger partial charge in [-0.1, -0.05) is 6.07 Å². The first kappa shape index (κ1) is 23.5. The van der Waals surface area contributed by atoms with E-state index < -0.39 is 23.7 Å². The molecule has 1 amide bonds. The average Bonchev–Trinajstić information content (AvgIpc) is 3.21. The molecular weight excluding hydrogens is 453 g/mol. The number of hydrogen-bond acceptors (Lipinski definition) is 5. The molecule has 1 fully saturated rings. The molecule has 11 heteroatoms. The Labute approximate surface area is 192 Å². The number of carbonyl (C=O) groups excluding carboxylic acids is 1. The zero-order valence-electron chi connectivity index (χ0n) is 18.3. The topological polar surface area (TPSA) is 106 Å². The van der Waals surface area contributed by atoms with Crippen molar-refractivity contribution in [1.82, 2.24) is 14.8 Å². The highest BCUT2D eigenvalue weighted by molar-refractivity contribution is 6.05. The van der Waals surface area contributed by atoms with Crippen LogP contribution in [0, 0.1) is 5.92 Å². The van der Waals surface area contributed by atoms with E-state index in [1.54, 1.807) is 12.1 Å². The number of nitrogens with zero attached hydrogens (tertiary/aromatic N) is 3. The van der Waals surface area contributed by atoms with Crippen molar-refractivity contribution < 1.29 is 32.6 Å². The Morgan fingerprint density at radius 3 is 2.59 bits per heavy atom. The lowest BCUT2D eigenvalue weighted by molar-refractivity contribution is -0.141. The molecule has 0 radical (unpaired) electrons. The lowest BCUT2D eigenvalue weighted by Gasteiger charge is -2.27. The molecule has 0 bridgehead atoms. The van der Waals surface area contributed by atoms with Gasteiger partial charge in [-0.3, -0.25) is 14.3 Å². The normalized spacial score (nSPS) is 18.6. The summed E-state index contributed by atoms with van der Waals surface area (Å²) in [6.07, 6.45) is 0.601. The van der Waals surface area contributed by atoms with E-state index in [0.29, 0.717) is 11.3 Å². The van der Waals surface area contributed by atoms with Gasteiger partial charge in [0.2, 0.25) is 0 Å². The lowest BCUT2D eigenvalue weighted by Crippen LogP contribution is -2.20. The number of amides is 1. The van der Waals surface area contributed by atoms with Crippen LogP contribution in [0.3, 0.4) is 0 Å². The Kier molecular flexibility index (Phi) is 6.45. The molecule has 1 aliphatic rings. The maximum Gasteiger partial charge on any atom is 0.433 e. The summed E-state index contributed by atoms with van der Waals surface area (Å²) in [5, 5.41) is 16.9. The Morgan fingerprint density at radius 2 is 1.94 bits per heavy atom. The second-order valence-corrected chi connectivity index (χ2v) is 8.35. The third kappa shape index (κ3) is 5.13. The van der Waals surface area contributed by atoms with E-state index in [-0.39, 0.29) is 29.8 Å². The lowest BCUT2D eigenvalue weighted by atomic mass is 9.84. The molecule has 4 rings (SSSR count). The van der Waals surface area contributed by atoms with Crippen molar-refractivity contribution in [2.45, 2.75) is 44.3 Å².